The molecule has 4 nitrogen and oxygen atoms in total. The minimum Gasteiger partial charge on any atom is -0.468 e. The smallest absolute Gasteiger partial charge is 0.293 e. The van der Waals surface area contributed by atoms with Gasteiger partial charge in [0.05, 0.1) is 6.61 Å². The topological polar surface area (TPSA) is 56.3 Å². The first-order valence-corrected chi connectivity index (χ1v) is 3.83. The van der Waals surface area contributed by atoms with Gasteiger partial charge in [0.1, 0.15) is 0 Å². The lowest BCUT2D eigenvalue weighted by atomic mass is 10.2. The second-order valence-electron chi connectivity index (χ2n) is 2.39. The fourth-order valence-corrected chi connectivity index (χ4v) is 0.889. The molecule has 0 aliphatic rings. The fourth-order valence-electron chi connectivity index (χ4n) is 0.889. The van der Waals surface area contributed by atoms with Crippen molar-refractivity contribution >= 4 is 23.5 Å². The molecule has 1 aromatic heterocycles. The summed E-state index contributed by atoms with van der Waals surface area (Å²) in [6.45, 7) is 0.575. The van der Waals surface area contributed by atoms with Crippen molar-refractivity contribution in [2.75, 3.05) is 6.61 Å². The Labute approximate surface area is 91.7 Å². The Hall–Kier alpha value is -1.23. The molecule has 0 amide bonds. The van der Waals surface area contributed by atoms with Gasteiger partial charge in [0.15, 0.2) is 5.43 Å². The van der Waals surface area contributed by atoms with Crippen LogP contribution >= 0.6 is 17.0 Å². The summed E-state index contributed by atoms with van der Waals surface area (Å²) < 4.78 is 4.48. The first-order chi connectivity index (χ1) is 6.34. The standard InChI is InChI=1S/C9H9NO3.BrH/c11-7-13-5-3-8-6-10-4-1-2-9(8)12;/h1-2,4,6-7H,3,5H2;1H. The van der Waals surface area contributed by atoms with Crippen LogP contribution in [-0.2, 0) is 16.0 Å². The van der Waals surface area contributed by atoms with Crippen LogP contribution in [0.15, 0.2) is 29.3 Å². The first kappa shape index (κ1) is 12.8. The maximum Gasteiger partial charge on any atom is 0.293 e. The van der Waals surface area contributed by atoms with Gasteiger partial charge < -0.3 is 4.74 Å². The van der Waals surface area contributed by atoms with Crippen molar-refractivity contribution in [3.63, 3.8) is 0 Å². The van der Waals surface area contributed by atoms with Crippen LogP contribution in [0.5, 0.6) is 0 Å². The molecule has 0 bridgehead atoms. The largest absolute Gasteiger partial charge is 0.468 e. The summed E-state index contributed by atoms with van der Waals surface area (Å²) in [7, 11) is 0. The monoisotopic (exact) mass is 259 g/mol. The average Bonchev–Trinajstić information content (AvgIpc) is 2.32. The number of carbonyl (C=O) groups is 1. The van der Waals surface area contributed by atoms with E-state index in [-0.39, 0.29) is 29.0 Å². The summed E-state index contributed by atoms with van der Waals surface area (Å²) in [5.74, 6) is 0. The summed E-state index contributed by atoms with van der Waals surface area (Å²) in [4.78, 5) is 24.9. The first-order valence-electron chi connectivity index (χ1n) is 3.83. The van der Waals surface area contributed by atoms with E-state index in [1.165, 1.54) is 18.5 Å². The van der Waals surface area contributed by atoms with Crippen LogP contribution in [0, 0.1) is 0 Å². The van der Waals surface area contributed by atoms with Crippen LogP contribution in [0.2, 0.25) is 0 Å². The molecule has 1 rings (SSSR count). The molecule has 14 heavy (non-hydrogen) atoms. The van der Waals surface area contributed by atoms with Crippen LogP contribution in [0.25, 0.3) is 0 Å². The van der Waals surface area contributed by atoms with Crippen LogP contribution < -0.4 is 5.43 Å². The van der Waals surface area contributed by atoms with Crippen LogP contribution in [0.1, 0.15) is 5.56 Å². The Kier molecular flexibility index (Phi) is 6.57. The number of nitrogens with zero attached hydrogens (tertiary/aromatic N) is 1. The number of ether oxygens (including phenoxy) is 1. The molecule has 1 heterocycles. The number of halogens is 1. The van der Waals surface area contributed by atoms with Gasteiger partial charge in [0.25, 0.3) is 6.47 Å². The summed E-state index contributed by atoms with van der Waals surface area (Å²) in [5, 5.41) is 0. The Balaban J connectivity index is 0.00000169. The predicted molar refractivity (Wildman–Crippen MR) is 56.5 cm³/mol. The predicted octanol–water partition coefficient (Wildman–Crippen LogP) is 0.735. The van der Waals surface area contributed by atoms with Crippen LogP contribution in [0.3, 0.4) is 0 Å². The summed E-state index contributed by atoms with van der Waals surface area (Å²) in [6, 6.07) is 3.01. The maximum atomic E-state index is 11.2. The zero-order chi connectivity index (χ0) is 9.52. The van der Waals surface area contributed by atoms with E-state index in [4.69, 9.17) is 0 Å². The molecule has 0 aliphatic heterocycles. The van der Waals surface area contributed by atoms with Crippen molar-refractivity contribution in [2.45, 2.75) is 6.42 Å². The van der Waals surface area contributed by atoms with Gasteiger partial charge >= 0.3 is 0 Å². The third kappa shape index (κ3) is 4.13. The Morgan fingerprint density at radius 3 is 3.00 bits per heavy atom. The minimum atomic E-state index is -0.0907. The van der Waals surface area contributed by atoms with Gasteiger partial charge in [0, 0.05) is 24.4 Å². The zero-order valence-corrected chi connectivity index (χ0v) is 9.09. The average molecular weight is 260 g/mol. The van der Waals surface area contributed by atoms with Gasteiger partial charge in [0.2, 0.25) is 0 Å². The van der Waals surface area contributed by atoms with E-state index in [0.29, 0.717) is 18.5 Å². The molecule has 76 valence electrons. The van der Waals surface area contributed by atoms with E-state index >= 15 is 0 Å². The number of rotatable bonds is 4. The van der Waals surface area contributed by atoms with E-state index in [1.807, 2.05) is 0 Å². The molecule has 0 atom stereocenters. The molecule has 0 aromatic carbocycles. The third-order valence-electron chi connectivity index (χ3n) is 1.52. The number of aromatic nitrogens is 1. The fraction of sp³-hybridized carbons (Fsp3) is 0.222. The van der Waals surface area contributed by atoms with Gasteiger partial charge in [-0.2, -0.15) is 0 Å². The highest BCUT2D eigenvalue weighted by Gasteiger charge is 1.96. The van der Waals surface area contributed by atoms with E-state index in [2.05, 4.69) is 9.72 Å². The normalized spacial score (nSPS) is 8.57. The highest BCUT2D eigenvalue weighted by atomic mass is 79.9. The quantitative estimate of drug-likeness (QED) is 0.591. The van der Waals surface area contributed by atoms with Crippen molar-refractivity contribution in [1.82, 2.24) is 4.98 Å². The molecule has 0 saturated carbocycles. The summed E-state index contributed by atoms with van der Waals surface area (Å²) in [5.41, 5.74) is 0.457. The van der Waals surface area contributed by atoms with Crippen molar-refractivity contribution < 1.29 is 9.53 Å². The number of hydrogen-bond acceptors (Lipinski definition) is 4. The molecule has 5 heteroatoms. The minimum absolute atomic E-state index is 0. The SMILES string of the molecule is Br.O=COCCc1cncccc1=O. The third-order valence-corrected chi connectivity index (χ3v) is 1.52. The molecule has 0 N–H and O–H groups in total. The van der Waals surface area contributed by atoms with Crippen molar-refractivity contribution in [3.05, 3.63) is 40.3 Å². The molecule has 0 radical (unpaired) electrons. The Morgan fingerprint density at radius 2 is 2.29 bits per heavy atom. The lowest BCUT2D eigenvalue weighted by Crippen LogP contribution is -2.07. The van der Waals surface area contributed by atoms with Gasteiger partial charge in [-0.1, -0.05) is 0 Å². The molecular formula is C9H10BrNO3. The van der Waals surface area contributed by atoms with Crippen LogP contribution in [-0.4, -0.2) is 18.1 Å². The van der Waals surface area contributed by atoms with Crippen LogP contribution in [0.4, 0.5) is 0 Å². The molecule has 0 spiro atoms. The molecule has 1 aromatic rings. The number of carbonyl (C=O) groups excluding carboxylic acids is 1. The molecular weight excluding hydrogens is 250 g/mol. The van der Waals surface area contributed by atoms with Crippen molar-refractivity contribution in [2.24, 2.45) is 0 Å². The van der Waals surface area contributed by atoms with E-state index in [0.717, 1.165) is 0 Å². The Morgan fingerprint density at radius 1 is 1.50 bits per heavy atom. The van der Waals surface area contributed by atoms with E-state index in [1.54, 1.807) is 6.07 Å². The molecule has 0 fully saturated rings. The van der Waals surface area contributed by atoms with Gasteiger partial charge in [-0.25, -0.2) is 0 Å². The zero-order valence-electron chi connectivity index (χ0n) is 7.38. The lowest BCUT2D eigenvalue weighted by molar-refractivity contribution is -0.128. The second kappa shape index (κ2) is 7.20. The number of hydrogen-bond donors (Lipinski definition) is 0. The van der Waals surface area contributed by atoms with Crippen molar-refractivity contribution in [3.8, 4) is 0 Å². The lowest BCUT2D eigenvalue weighted by Gasteiger charge is -1.94. The van der Waals surface area contributed by atoms with Gasteiger partial charge in [-0.05, 0) is 12.1 Å². The highest BCUT2D eigenvalue weighted by molar-refractivity contribution is 8.93. The van der Waals surface area contributed by atoms with E-state index in [9.17, 15) is 9.59 Å². The molecule has 0 aliphatic carbocycles. The highest BCUT2D eigenvalue weighted by Crippen LogP contribution is 1.89. The maximum absolute atomic E-state index is 11.2. The molecule has 0 saturated heterocycles. The van der Waals surface area contributed by atoms with Gasteiger partial charge in [-0.3, -0.25) is 14.6 Å². The van der Waals surface area contributed by atoms with E-state index < -0.39 is 0 Å². The second-order valence-corrected chi connectivity index (χ2v) is 2.39. The summed E-state index contributed by atoms with van der Waals surface area (Å²) >= 11 is 0. The van der Waals surface area contributed by atoms with Crippen molar-refractivity contribution in [1.29, 1.82) is 0 Å². The van der Waals surface area contributed by atoms with Gasteiger partial charge in [-0.15, -0.1) is 17.0 Å². The summed E-state index contributed by atoms with van der Waals surface area (Å²) in [6.07, 6.45) is 3.42. The molecule has 0 unspecified atom stereocenters. The Bertz CT molecular complexity index is 343.